The molecule has 1 amide bonds. The van der Waals surface area contributed by atoms with E-state index in [-0.39, 0.29) is 126 Å². The van der Waals surface area contributed by atoms with Crippen molar-refractivity contribution in [1.29, 1.82) is 0 Å². The molecule has 150 heavy (non-hydrogen) atoms. The van der Waals surface area contributed by atoms with Crippen molar-refractivity contribution in [3.05, 3.63) is 305 Å². The molecular formula is C101H102N19Na3O21S6. The summed E-state index contributed by atoms with van der Waals surface area (Å²) in [6, 6.07) is 71.4. The number of fused-ring (bicyclic) bond motifs is 3. The summed E-state index contributed by atoms with van der Waals surface area (Å²) in [4.78, 5) is 10.2. The normalized spacial score (nSPS) is 11.6. The van der Waals surface area contributed by atoms with Crippen LogP contribution in [0.2, 0.25) is 0 Å². The molecule has 11 N–H and O–H groups in total. The van der Waals surface area contributed by atoms with Gasteiger partial charge in [0.05, 0.1) is 72.0 Å². The first kappa shape index (κ1) is 124. The third kappa shape index (κ3) is 33.7. The number of rotatable bonds is 26. The fourth-order valence-corrected chi connectivity index (χ4v) is 18.3. The zero-order valence-electron chi connectivity index (χ0n) is 84.9. The quantitative estimate of drug-likeness (QED) is 0.0104. The number of anilines is 7. The minimum absolute atomic E-state index is 0. The number of methoxy groups -OCH3 is 2. The molecule has 0 aliphatic carbocycles. The van der Waals surface area contributed by atoms with Gasteiger partial charge in [-0.25, -0.2) is 60.0 Å². The number of nitrogens with zero attached hydrogens (tertiary/aromatic N) is 12. The van der Waals surface area contributed by atoms with E-state index in [2.05, 4.69) is 91.5 Å². The number of nitrogen functional groups attached to an aromatic ring is 1. The molecule has 0 aliphatic heterocycles. The van der Waals surface area contributed by atoms with Crippen molar-refractivity contribution < 1.29 is 182 Å². The van der Waals surface area contributed by atoms with E-state index in [4.69, 9.17) is 15.2 Å². The van der Waals surface area contributed by atoms with Crippen LogP contribution in [0.3, 0.4) is 0 Å². The van der Waals surface area contributed by atoms with E-state index < -0.39 is 109 Å². The van der Waals surface area contributed by atoms with Crippen molar-refractivity contribution in [2.24, 2.45) is 61.4 Å². The van der Waals surface area contributed by atoms with E-state index >= 15 is 0 Å². The number of para-hydroxylation sites is 2. The van der Waals surface area contributed by atoms with Gasteiger partial charge in [-0.05, 0) is 331 Å². The number of phenols is 3. The molecule has 0 aromatic heterocycles. The van der Waals surface area contributed by atoms with E-state index in [1.54, 1.807) is 175 Å². The molecule has 0 unspecified atom stereocenters. The Bertz CT molecular complexity index is 8060. The predicted octanol–water partition coefficient (Wildman–Crippen LogP) is 13.9. The maximum absolute atomic E-state index is 12.1. The molecule has 0 spiro atoms. The molecule has 40 nitrogen and oxygen atoms in total. The summed E-state index contributed by atoms with van der Waals surface area (Å²) in [5, 5.41) is 90.0. The van der Waals surface area contributed by atoms with Gasteiger partial charge in [-0.2, -0.15) is 35.8 Å². The standard InChI is InChI=1S/2C25H23N3O5S.C22H23N5O5S.C13H14N2O2S.2C8H11N3O2S.3Na/c2*1-15-11-21(22(33-3)12-16(15)2)27-28-24-23(34(30,31)32)14-17-13-19(9-10-20(17)25(24)29)26-18-7-5-4-6-8-18;1-11-6-15-10-19(33(30,31)32)21(22(29)20(15)18(7-11)24-14(4)28)27-26-17-9-12(2)16(25-23-5)8-13(17)3;1-10-2-6-12(7-3-10)15-18(16,17)13-8-4-11(14)5-9-13;2*1-9-11-7-3-5-8(6-4-7)14(12,13)10-2;;;/h2*4-14,26,29H,1-3H3,(H,30,31,32);6-10,29H,1-5H3,(H,24,28)(H,30,31,32);2-9,15H,14H2,1H3;2*3-6,10H,1-2H3;;;/q;;;;;;3*+1/p-3. The number of benzene rings is 15. The topological polar surface area (TPSA) is 617 Å². The van der Waals surface area contributed by atoms with Gasteiger partial charge >= 0.3 is 88.7 Å². The van der Waals surface area contributed by atoms with Crippen LogP contribution in [0.5, 0.6) is 28.7 Å². The van der Waals surface area contributed by atoms with Gasteiger partial charge in [-0.3, -0.25) is 9.52 Å². The van der Waals surface area contributed by atoms with Crippen LogP contribution >= 0.6 is 0 Å². The molecule has 15 aromatic rings. The molecule has 766 valence electrons. The molecular weight excluding hydrogens is 2080 g/mol. The van der Waals surface area contributed by atoms with Crippen molar-refractivity contribution in [3.63, 3.8) is 0 Å². The second kappa shape index (κ2) is 55.0. The summed E-state index contributed by atoms with van der Waals surface area (Å²) in [7, 11) is -14.9. The number of amides is 1. The Morgan fingerprint density at radius 2 is 0.680 bits per heavy atom. The number of aromatic hydroxyl groups is 3. The van der Waals surface area contributed by atoms with E-state index in [0.717, 1.165) is 50.8 Å². The van der Waals surface area contributed by atoms with E-state index in [1.807, 2.05) is 107 Å². The van der Waals surface area contributed by atoms with Crippen molar-refractivity contribution in [3.8, 4) is 28.7 Å². The maximum Gasteiger partial charge on any atom is 1.00 e. The average molecular weight is 2180 g/mol. The summed E-state index contributed by atoms with van der Waals surface area (Å²) in [5.41, 5.74) is 18.4. The summed E-state index contributed by atoms with van der Waals surface area (Å²) < 4.78 is 195. The minimum atomic E-state index is -5.01. The monoisotopic (exact) mass is 2180 g/mol. The van der Waals surface area contributed by atoms with Crippen LogP contribution in [-0.4, -0.2) is 135 Å². The van der Waals surface area contributed by atoms with Gasteiger partial charge in [0.15, 0.2) is 17.2 Å². The number of ether oxygens (including phenoxy) is 2. The van der Waals surface area contributed by atoms with Gasteiger partial charge in [0, 0.05) is 78.3 Å². The van der Waals surface area contributed by atoms with Crippen molar-refractivity contribution in [1.82, 2.24) is 9.44 Å². The molecule has 0 aliphatic rings. The van der Waals surface area contributed by atoms with Crippen LogP contribution in [0.1, 0.15) is 51.4 Å². The first-order valence-corrected chi connectivity index (χ1v) is 52.4. The van der Waals surface area contributed by atoms with Crippen LogP contribution in [0.25, 0.3) is 32.3 Å². The molecule has 0 saturated carbocycles. The zero-order valence-corrected chi connectivity index (χ0v) is 95.8. The Kier molecular flexibility index (Phi) is 45.4. The van der Waals surface area contributed by atoms with Crippen LogP contribution in [0, 0.1) is 55.4 Å². The summed E-state index contributed by atoms with van der Waals surface area (Å²) in [6.07, 6.45) is 0. The van der Waals surface area contributed by atoms with Gasteiger partial charge in [0.25, 0.3) is 10.0 Å². The fourth-order valence-electron chi connectivity index (χ4n) is 13.8. The van der Waals surface area contributed by atoms with E-state index in [0.29, 0.717) is 101 Å². The van der Waals surface area contributed by atoms with E-state index in [1.165, 1.54) is 83.8 Å². The first-order chi connectivity index (χ1) is 69.4. The number of azo groups is 6. The van der Waals surface area contributed by atoms with Gasteiger partial charge in [0.1, 0.15) is 70.3 Å². The van der Waals surface area contributed by atoms with Gasteiger partial charge in [-0.1, -0.05) is 60.2 Å². The van der Waals surface area contributed by atoms with Gasteiger partial charge in [0.2, 0.25) is 26.0 Å². The first-order valence-electron chi connectivity index (χ1n) is 43.7. The smallest absolute Gasteiger partial charge is 0.744 e. The third-order valence-electron chi connectivity index (χ3n) is 21.5. The number of sulfonamides is 3. The summed E-state index contributed by atoms with van der Waals surface area (Å²) in [6.45, 7) is 16.1. The Hall–Kier alpha value is -13.2. The average Bonchev–Trinajstić information content (AvgIpc) is 0.768. The second-order valence-electron chi connectivity index (χ2n) is 32.1. The Morgan fingerprint density at radius 1 is 0.340 bits per heavy atom. The predicted molar refractivity (Wildman–Crippen MR) is 562 cm³/mol. The molecule has 49 heteroatoms. The van der Waals surface area contributed by atoms with Crippen molar-refractivity contribution in [2.45, 2.75) is 91.7 Å². The minimum Gasteiger partial charge on any atom is -0.744 e. The molecule has 15 aromatic carbocycles. The number of carbonyl (C=O) groups excluding carboxylic acids is 1. The third-order valence-corrected chi connectivity index (χ3v) is 28.3. The molecule has 0 saturated heterocycles. The van der Waals surface area contributed by atoms with Gasteiger partial charge < -0.3 is 60.1 Å². The zero-order chi connectivity index (χ0) is 108. The second-order valence-corrected chi connectivity index (χ2v) is 41.6. The molecule has 0 radical (unpaired) electrons. The number of hydrogen-bond acceptors (Lipinski definition) is 36. The number of hydrogen-bond donors (Lipinski definition) is 10. The maximum atomic E-state index is 12.1. The number of carbonyl (C=O) groups is 1. The number of nitrogens with two attached hydrogens (primary N) is 1. The largest absolute Gasteiger partial charge is 1.00 e. The number of phenolic OH excluding ortho intramolecular Hbond substituents is 3. The Labute approximate surface area is 935 Å². The number of nitrogens with one attached hydrogen (secondary N) is 6. The van der Waals surface area contributed by atoms with Crippen LogP contribution in [0.15, 0.2) is 352 Å². The summed E-state index contributed by atoms with van der Waals surface area (Å²) >= 11 is 0. The van der Waals surface area contributed by atoms with Gasteiger partial charge in [-0.15, -0.1) is 25.6 Å². The molecule has 0 heterocycles. The Balaban J connectivity index is 0.000000251. The van der Waals surface area contributed by atoms with Crippen molar-refractivity contribution >= 4 is 190 Å². The fraction of sp³-hybridized carbons (Fsp3) is 0.158. The summed E-state index contributed by atoms with van der Waals surface area (Å²) in [5.74, 6) is -1.03. The molecule has 15 rings (SSSR count). The number of aryl methyl sites for hydroxylation is 8. The van der Waals surface area contributed by atoms with Crippen LogP contribution < -0.4 is 134 Å². The molecule has 0 atom stereocenters. The van der Waals surface area contributed by atoms with Crippen molar-refractivity contribution in [2.75, 3.05) is 75.9 Å². The van der Waals surface area contributed by atoms with Crippen LogP contribution in [0.4, 0.5) is 91.0 Å². The Morgan fingerprint density at radius 3 is 1.05 bits per heavy atom. The molecule has 0 bridgehead atoms. The SMILES string of the molecule is CN=Nc1cc(C)c(N=Nc2c(S(=O)(=O)[O-])cc3cc(C)cc(NC(C)=O)c3c2O)cc1C.CN=Nc1ccc(S(=O)(=O)NC)cc1.CN=Nc1ccc(S(=O)(=O)NC)cc1.COc1cc(C)c(C)cc1N=Nc1c(S(=O)(=O)[O-])cc2cc(Nc3ccccc3)ccc2c1O.COc1cc(C)c(C)cc1N=Nc1c(S(=O)(=O)[O-])cc2cc(Nc3ccccc3)ccc2c1O.Cc1ccc(NS(=O)(=O)c2ccc(N)cc2)cc1.[Na+].[Na+].[Na+]. The van der Waals surface area contributed by atoms with Crippen LogP contribution in [-0.2, 0) is 65.2 Å². The van der Waals surface area contributed by atoms with E-state index in [9.17, 15) is 84.3 Å². The molecule has 0 fully saturated rings.